The maximum Gasteiger partial charge on any atom is 0.392 e. The summed E-state index contributed by atoms with van der Waals surface area (Å²) in [5.74, 6) is -0.409. The van der Waals surface area contributed by atoms with Crippen LogP contribution in [0.4, 0.5) is 13.2 Å². The highest BCUT2D eigenvalue weighted by Gasteiger charge is 2.39. The van der Waals surface area contributed by atoms with Crippen molar-refractivity contribution in [3.63, 3.8) is 0 Å². The van der Waals surface area contributed by atoms with Crippen LogP contribution < -0.4 is 13.9 Å². The van der Waals surface area contributed by atoms with Gasteiger partial charge in [-0.1, -0.05) is 20.8 Å². The molecule has 1 unspecified atom stereocenters. The lowest BCUT2D eigenvalue weighted by Crippen LogP contribution is -2.43. The quantitative estimate of drug-likeness (QED) is 0.212. The second-order valence-electron chi connectivity index (χ2n) is 10.5. The van der Waals surface area contributed by atoms with Gasteiger partial charge in [0.25, 0.3) is 0 Å². The molecule has 0 aliphatic heterocycles. The maximum absolute atomic E-state index is 12.5. The largest absolute Gasteiger partial charge is 0.543 e. The average molecular weight is 587 g/mol. The van der Waals surface area contributed by atoms with Gasteiger partial charge in [-0.05, 0) is 49.3 Å². The van der Waals surface area contributed by atoms with Crippen LogP contribution in [0.15, 0.2) is 30.5 Å². The van der Waals surface area contributed by atoms with Crippen molar-refractivity contribution >= 4 is 20.3 Å². The minimum Gasteiger partial charge on any atom is -0.543 e. The van der Waals surface area contributed by atoms with Gasteiger partial charge in [-0.25, -0.2) is 9.78 Å². The number of benzene rings is 1. The highest BCUT2D eigenvalue weighted by molar-refractivity contribution is 6.74. The van der Waals surface area contributed by atoms with E-state index in [0.29, 0.717) is 22.8 Å². The lowest BCUT2D eigenvalue weighted by molar-refractivity contribution is -0.166. The van der Waals surface area contributed by atoms with Crippen molar-refractivity contribution in [2.45, 2.75) is 84.5 Å². The highest BCUT2D eigenvalue weighted by Crippen LogP contribution is 2.38. The van der Waals surface area contributed by atoms with Crippen molar-refractivity contribution in [1.82, 2.24) is 9.97 Å². The number of carbonyl (C=O) groups excluding carboxylic acids is 2. The predicted molar refractivity (Wildman–Crippen MR) is 143 cm³/mol. The number of hydrogen-bond donors (Lipinski definition) is 0. The van der Waals surface area contributed by atoms with E-state index in [2.05, 4.69) is 43.8 Å². The average Bonchev–Trinajstić information content (AvgIpc) is 2.81. The van der Waals surface area contributed by atoms with Gasteiger partial charge < -0.3 is 23.4 Å². The standard InChI is InChI=1S/C27H37F3N2O7Si/c1-8-35-24(34)23(38-18(2)33)16-19-15-21(39-40(6,7)26(3,4)5)9-10-22(19)37-17-20-11-13-31-25(32-20)36-14-12-27(28,29)30/h9-11,13,15,23H,8,12,14,16-17H2,1-7H3. The smallest absolute Gasteiger partial charge is 0.392 e. The van der Waals surface area contributed by atoms with Crippen LogP contribution in [0.1, 0.15) is 52.3 Å². The lowest BCUT2D eigenvalue weighted by Gasteiger charge is -2.36. The second kappa shape index (κ2) is 13.8. The van der Waals surface area contributed by atoms with Gasteiger partial charge in [0.1, 0.15) is 24.7 Å². The van der Waals surface area contributed by atoms with Crippen LogP contribution in [0.2, 0.25) is 18.1 Å². The highest BCUT2D eigenvalue weighted by atomic mass is 28.4. The van der Waals surface area contributed by atoms with Crippen molar-refractivity contribution in [3.8, 4) is 17.5 Å². The fraction of sp³-hybridized carbons (Fsp3) is 0.556. The number of nitrogens with zero attached hydrogens (tertiary/aromatic N) is 2. The molecular weight excluding hydrogens is 549 g/mol. The van der Waals surface area contributed by atoms with E-state index in [-0.39, 0.29) is 30.7 Å². The van der Waals surface area contributed by atoms with E-state index in [1.807, 2.05) is 0 Å². The third kappa shape index (κ3) is 10.7. The first kappa shape index (κ1) is 32.9. The van der Waals surface area contributed by atoms with Crippen LogP contribution >= 0.6 is 0 Å². The fourth-order valence-corrected chi connectivity index (χ4v) is 4.13. The zero-order valence-electron chi connectivity index (χ0n) is 23.9. The van der Waals surface area contributed by atoms with Crippen molar-refractivity contribution in [1.29, 1.82) is 0 Å². The number of alkyl halides is 3. The molecule has 0 radical (unpaired) electrons. The molecule has 40 heavy (non-hydrogen) atoms. The van der Waals surface area contributed by atoms with Gasteiger partial charge in [0.05, 0.1) is 18.7 Å². The molecule has 0 aliphatic rings. The predicted octanol–water partition coefficient (Wildman–Crippen LogP) is 5.81. The van der Waals surface area contributed by atoms with Crippen LogP contribution in [0.3, 0.4) is 0 Å². The molecule has 0 saturated heterocycles. The molecule has 1 heterocycles. The van der Waals surface area contributed by atoms with E-state index in [1.54, 1.807) is 25.1 Å². The molecule has 0 amide bonds. The molecule has 9 nitrogen and oxygen atoms in total. The maximum atomic E-state index is 12.5. The van der Waals surface area contributed by atoms with E-state index < -0.39 is 45.6 Å². The van der Waals surface area contributed by atoms with Crippen LogP contribution in [-0.2, 0) is 32.1 Å². The Balaban J connectivity index is 2.32. The van der Waals surface area contributed by atoms with E-state index in [9.17, 15) is 22.8 Å². The van der Waals surface area contributed by atoms with Gasteiger partial charge in [0.2, 0.25) is 14.4 Å². The first-order valence-electron chi connectivity index (χ1n) is 12.8. The van der Waals surface area contributed by atoms with Gasteiger partial charge in [-0.3, -0.25) is 4.79 Å². The molecule has 2 rings (SSSR count). The SMILES string of the molecule is CCOC(=O)C(Cc1cc(O[Si](C)(C)C(C)(C)C)ccc1OCc1ccnc(OCCC(F)(F)F)n1)OC(C)=O. The first-order valence-corrected chi connectivity index (χ1v) is 15.7. The normalized spacial score (nSPS) is 12.8. The lowest BCUT2D eigenvalue weighted by atomic mass is 10.1. The van der Waals surface area contributed by atoms with Crippen LogP contribution in [0, 0.1) is 0 Å². The van der Waals surface area contributed by atoms with Crippen molar-refractivity contribution < 1.29 is 46.1 Å². The molecule has 13 heteroatoms. The van der Waals surface area contributed by atoms with Gasteiger partial charge in [-0.15, -0.1) is 0 Å². The number of carbonyl (C=O) groups is 2. The molecule has 2 aromatic rings. The molecule has 1 aromatic carbocycles. The molecule has 1 atom stereocenters. The zero-order chi connectivity index (χ0) is 30.1. The third-order valence-electron chi connectivity index (χ3n) is 6.16. The Labute approximate surface area is 233 Å². The zero-order valence-corrected chi connectivity index (χ0v) is 24.9. The summed E-state index contributed by atoms with van der Waals surface area (Å²) in [5.41, 5.74) is 0.873. The van der Waals surface area contributed by atoms with Crippen molar-refractivity contribution in [3.05, 3.63) is 41.7 Å². The van der Waals surface area contributed by atoms with E-state index in [0.717, 1.165) is 0 Å². The topological polar surface area (TPSA) is 106 Å². The molecule has 0 aliphatic carbocycles. The molecule has 222 valence electrons. The second-order valence-corrected chi connectivity index (χ2v) is 15.2. The summed E-state index contributed by atoms with van der Waals surface area (Å²) in [7, 11) is -2.21. The monoisotopic (exact) mass is 586 g/mol. The number of aromatic nitrogens is 2. The molecular formula is C27H37F3N2O7Si. The Morgan fingerprint density at radius 1 is 1.07 bits per heavy atom. The Bertz CT molecular complexity index is 1150. The number of ether oxygens (including phenoxy) is 4. The molecule has 0 saturated carbocycles. The third-order valence-corrected chi connectivity index (χ3v) is 10.5. The van der Waals surface area contributed by atoms with Crippen LogP contribution in [-0.4, -0.2) is 55.7 Å². The molecule has 0 bridgehead atoms. The number of halogens is 3. The van der Waals surface area contributed by atoms with Crippen molar-refractivity contribution in [2.24, 2.45) is 0 Å². The Morgan fingerprint density at radius 3 is 2.38 bits per heavy atom. The molecule has 1 aromatic heterocycles. The van der Waals surface area contributed by atoms with Crippen molar-refractivity contribution in [2.75, 3.05) is 13.2 Å². The summed E-state index contributed by atoms with van der Waals surface area (Å²) in [6, 6.07) is 6.48. The first-order chi connectivity index (χ1) is 18.5. The Hall–Kier alpha value is -3.35. The van der Waals surface area contributed by atoms with Gasteiger partial charge in [0, 0.05) is 25.1 Å². The van der Waals surface area contributed by atoms with Crippen LogP contribution in [0.5, 0.6) is 17.5 Å². The number of esters is 2. The van der Waals surface area contributed by atoms with E-state index >= 15 is 0 Å². The minimum atomic E-state index is -4.36. The Morgan fingerprint density at radius 2 is 1.77 bits per heavy atom. The summed E-state index contributed by atoms with van der Waals surface area (Å²) in [5, 5.41) is -0.0690. The van der Waals surface area contributed by atoms with Crippen LogP contribution in [0.25, 0.3) is 0 Å². The summed E-state index contributed by atoms with van der Waals surface area (Å²) < 4.78 is 65.0. The summed E-state index contributed by atoms with van der Waals surface area (Å²) in [4.78, 5) is 32.2. The summed E-state index contributed by atoms with van der Waals surface area (Å²) in [6.45, 7) is 12.8. The summed E-state index contributed by atoms with van der Waals surface area (Å²) >= 11 is 0. The molecule has 0 fully saturated rings. The summed E-state index contributed by atoms with van der Waals surface area (Å²) in [6.07, 6.45) is -5.39. The fourth-order valence-electron chi connectivity index (χ4n) is 3.11. The molecule has 0 spiro atoms. The van der Waals surface area contributed by atoms with Gasteiger partial charge in [0.15, 0.2) is 0 Å². The Kier molecular flexibility index (Phi) is 11.4. The van der Waals surface area contributed by atoms with Gasteiger partial charge in [-0.2, -0.15) is 18.2 Å². The minimum absolute atomic E-state index is 0.0436. The van der Waals surface area contributed by atoms with E-state index in [1.165, 1.54) is 19.2 Å². The number of hydrogen-bond acceptors (Lipinski definition) is 9. The van der Waals surface area contributed by atoms with Gasteiger partial charge >= 0.3 is 24.1 Å². The number of rotatable bonds is 13. The molecule has 0 N–H and O–H groups in total. The van der Waals surface area contributed by atoms with E-state index in [4.69, 9.17) is 23.4 Å².